The summed E-state index contributed by atoms with van der Waals surface area (Å²) in [4.78, 5) is 13.3. The molecule has 0 aliphatic rings. The number of carbonyl (C=O) groups is 1. The fraction of sp³-hybridized carbons (Fsp3) is 0.900. The molecule has 0 atom stereocenters. The zero-order valence-corrected chi connectivity index (χ0v) is 9.09. The van der Waals surface area contributed by atoms with Crippen molar-refractivity contribution in [1.29, 1.82) is 0 Å². The number of nitrogens with zero attached hydrogens (tertiary/aromatic N) is 1. The van der Waals surface area contributed by atoms with E-state index in [0.29, 0.717) is 11.8 Å². The highest BCUT2D eigenvalue weighted by atomic mass is 16.2. The quantitative estimate of drug-likeness (QED) is 0.636. The van der Waals surface area contributed by atoms with Crippen molar-refractivity contribution < 1.29 is 4.79 Å². The van der Waals surface area contributed by atoms with E-state index in [2.05, 4.69) is 27.7 Å². The van der Waals surface area contributed by atoms with Crippen molar-refractivity contribution in [3.8, 4) is 0 Å². The molecule has 12 heavy (non-hydrogen) atoms. The molecule has 0 spiro atoms. The molecule has 0 aliphatic heterocycles. The average Bonchev–Trinajstić information content (AvgIpc) is 1.85. The predicted octanol–water partition coefficient (Wildman–Crippen LogP) is 2.00. The Morgan fingerprint density at radius 2 is 1.33 bits per heavy atom. The predicted molar refractivity (Wildman–Crippen MR) is 51.9 cm³/mol. The molecule has 0 heterocycles. The van der Waals surface area contributed by atoms with Crippen molar-refractivity contribution in [2.75, 3.05) is 14.1 Å². The fourth-order valence-electron chi connectivity index (χ4n) is 1.64. The number of hydrogen-bond donors (Lipinski definition) is 0. The maximum absolute atomic E-state index is 11.7. The lowest BCUT2D eigenvalue weighted by molar-refractivity contribution is -0.136. The minimum Gasteiger partial charge on any atom is -0.349 e. The molecule has 0 unspecified atom stereocenters. The first kappa shape index (κ1) is 11.5. The van der Waals surface area contributed by atoms with Crippen LogP contribution in [0.5, 0.6) is 0 Å². The first-order valence-corrected chi connectivity index (χ1v) is 4.59. The minimum absolute atomic E-state index is 0.167. The van der Waals surface area contributed by atoms with Gasteiger partial charge in [-0.3, -0.25) is 4.79 Å². The second-order valence-corrected chi connectivity index (χ2v) is 4.25. The van der Waals surface area contributed by atoms with Gasteiger partial charge in [0, 0.05) is 20.0 Å². The standard InChI is InChI=1S/C10H21NO/c1-7(2)9(8(3)4)10(12)11(5)6/h7-9H,1-6H3. The highest BCUT2D eigenvalue weighted by Gasteiger charge is 2.26. The molecule has 2 heteroatoms. The van der Waals surface area contributed by atoms with Gasteiger partial charge in [0.2, 0.25) is 5.91 Å². The van der Waals surface area contributed by atoms with Gasteiger partial charge < -0.3 is 4.90 Å². The molecule has 0 radical (unpaired) electrons. The van der Waals surface area contributed by atoms with E-state index in [1.165, 1.54) is 0 Å². The van der Waals surface area contributed by atoms with Crippen molar-refractivity contribution >= 4 is 5.91 Å². The normalized spacial score (nSPS) is 11.4. The summed E-state index contributed by atoms with van der Waals surface area (Å²) in [6.07, 6.45) is 0. The monoisotopic (exact) mass is 171 g/mol. The van der Waals surface area contributed by atoms with Crippen LogP contribution in [-0.2, 0) is 4.79 Å². The summed E-state index contributed by atoms with van der Waals surface area (Å²) in [5, 5.41) is 0. The van der Waals surface area contributed by atoms with Gasteiger partial charge >= 0.3 is 0 Å². The molecule has 0 aromatic heterocycles. The molecule has 0 saturated heterocycles. The summed E-state index contributed by atoms with van der Waals surface area (Å²) in [6.45, 7) is 8.41. The topological polar surface area (TPSA) is 20.3 Å². The van der Waals surface area contributed by atoms with Gasteiger partial charge in [0.05, 0.1) is 0 Å². The van der Waals surface area contributed by atoms with Crippen molar-refractivity contribution in [3.05, 3.63) is 0 Å². The van der Waals surface area contributed by atoms with Gasteiger partial charge in [-0.05, 0) is 11.8 Å². The van der Waals surface area contributed by atoms with Crippen molar-refractivity contribution in [1.82, 2.24) is 4.90 Å². The van der Waals surface area contributed by atoms with Crippen LogP contribution in [-0.4, -0.2) is 24.9 Å². The fourth-order valence-corrected chi connectivity index (χ4v) is 1.64. The second-order valence-electron chi connectivity index (χ2n) is 4.25. The SMILES string of the molecule is CC(C)C(C(=O)N(C)C)C(C)C. The van der Waals surface area contributed by atoms with E-state index in [1.807, 2.05) is 14.1 Å². The molecule has 0 bridgehead atoms. The van der Waals surface area contributed by atoms with Crippen molar-refractivity contribution in [2.24, 2.45) is 17.8 Å². The van der Waals surface area contributed by atoms with Gasteiger partial charge in [-0.1, -0.05) is 27.7 Å². The van der Waals surface area contributed by atoms with Crippen LogP contribution >= 0.6 is 0 Å². The molecule has 0 fully saturated rings. The van der Waals surface area contributed by atoms with E-state index >= 15 is 0 Å². The summed E-state index contributed by atoms with van der Waals surface area (Å²) >= 11 is 0. The first-order valence-electron chi connectivity index (χ1n) is 4.59. The maximum Gasteiger partial charge on any atom is 0.225 e. The van der Waals surface area contributed by atoms with Crippen LogP contribution < -0.4 is 0 Å². The number of hydrogen-bond acceptors (Lipinski definition) is 1. The third-order valence-corrected chi connectivity index (χ3v) is 2.16. The van der Waals surface area contributed by atoms with Crippen LogP contribution in [0.3, 0.4) is 0 Å². The first-order chi connectivity index (χ1) is 5.37. The molecule has 0 aliphatic carbocycles. The molecule has 0 aromatic rings. The Morgan fingerprint density at radius 3 is 1.42 bits per heavy atom. The van der Waals surface area contributed by atoms with Crippen LogP contribution in [0.1, 0.15) is 27.7 Å². The molecular weight excluding hydrogens is 150 g/mol. The second kappa shape index (κ2) is 4.48. The van der Waals surface area contributed by atoms with Crippen molar-refractivity contribution in [3.63, 3.8) is 0 Å². The van der Waals surface area contributed by atoms with Gasteiger partial charge in [-0.2, -0.15) is 0 Å². The molecule has 1 amide bonds. The summed E-state index contributed by atoms with van der Waals surface area (Å²) in [6, 6.07) is 0. The number of rotatable bonds is 3. The molecule has 72 valence electrons. The number of amides is 1. The number of carbonyl (C=O) groups excluding carboxylic acids is 1. The van der Waals surface area contributed by atoms with Crippen LogP contribution in [0.25, 0.3) is 0 Å². The third kappa shape index (κ3) is 2.84. The van der Waals surface area contributed by atoms with E-state index < -0.39 is 0 Å². The van der Waals surface area contributed by atoms with E-state index in [-0.39, 0.29) is 11.8 Å². The Morgan fingerprint density at radius 1 is 1.00 bits per heavy atom. The van der Waals surface area contributed by atoms with Gasteiger partial charge in [-0.25, -0.2) is 0 Å². The van der Waals surface area contributed by atoms with Crippen LogP contribution in [0.2, 0.25) is 0 Å². The lowest BCUT2D eigenvalue weighted by Gasteiger charge is -2.26. The van der Waals surface area contributed by atoms with Gasteiger partial charge in [0.1, 0.15) is 0 Å². The smallest absolute Gasteiger partial charge is 0.225 e. The van der Waals surface area contributed by atoms with E-state index in [9.17, 15) is 4.79 Å². The lowest BCUT2D eigenvalue weighted by atomic mass is 9.84. The van der Waals surface area contributed by atoms with Gasteiger partial charge in [0.15, 0.2) is 0 Å². The summed E-state index contributed by atoms with van der Waals surface area (Å²) < 4.78 is 0. The molecule has 0 saturated carbocycles. The summed E-state index contributed by atoms with van der Waals surface area (Å²) in [5.74, 6) is 1.28. The lowest BCUT2D eigenvalue weighted by Crippen LogP contribution is -2.35. The Kier molecular flexibility index (Phi) is 4.29. The van der Waals surface area contributed by atoms with Crippen LogP contribution in [0.15, 0.2) is 0 Å². The highest BCUT2D eigenvalue weighted by molar-refractivity contribution is 5.78. The van der Waals surface area contributed by atoms with E-state index in [4.69, 9.17) is 0 Å². The van der Waals surface area contributed by atoms with Gasteiger partial charge in [0.25, 0.3) is 0 Å². The Bertz CT molecular complexity index is 142. The van der Waals surface area contributed by atoms with Crippen molar-refractivity contribution in [2.45, 2.75) is 27.7 Å². The zero-order chi connectivity index (χ0) is 9.89. The zero-order valence-electron chi connectivity index (χ0n) is 9.09. The van der Waals surface area contributed by atoms with Gasteiger partial charge in [-0.15, -0.1) is 0 Å². The summed E-state index contributed by atoms with van der Waals surface area (Å²) in [7, 11) is 3.64. The Labute approximate surface area is 75.9 Å². The van der Waals surface area contributed by atoms with Crippen LogP contribution in [0.4, 0.5) is 0 Å². The van der Waals surface area contributed by atoms with E-state index in [1.54, 1.807) is 4.90 Å². The maximum atomic E-state index is 11.7. The van der Waals surface area contributed by atoms with E-state index in [0.717, 1.165) is 0 Å². The molecule has 0 N–H and O–H groups in total. The molecular formula is C10H21NO. The third-order valence-electron chi connectivity index (χ3n) is 2.16. The molecule has 0 rings (SSSR count). The minimum atomic E-state index is 0.167. The average molecular weight is 171 g/mol. The molecule has 0 aromatic carbocycles. The highest BCUT2D eigenvalue weighted by Crippen LogP contribution is 2.21. The Balaban J connectivity index is 4.41. The van der Waals surface area contributed by atoms with Crippen LogP contribution in [0, 0.1) is 17.8 Å². The largest absolute Gasteiger partial charge is 0.349 e. The summed E-state index contributed by atoms with van der Waals surface area (Å²) in [5.41, 5.74) is 0. The Hall–Kier alpha value is -0.530. The molecule has 2 nitrogen and oxygen atoms in total.